The Morgan fingerprint density at radius 2 is 2.29 bits per heavy atom. The van der Waals surface area contributed by atoms with Crippen LogP contribution >= 0.6 is 39.0 Å². The molecule has 1 fully saturated rings. The number of amides is 1. The first kappa shape index (κ1) is 14.9. The fourth-order valence-electron chi connectivity index (χ4n) is 1.67. The molecule has 110 valence electrons. The fourth-order valence-corrected chi connectivity index (χ4v) is 3.81. The average Bonchev–Trinajstić information content (AvgIpc) is 3.23. The molecule has 0 atom stereocenters. The summed E-state index contributed by atoms with van der Waals surface area (Å²) in [6.07, 6.45) is 1.91. The van der Waals surface area contributed by atoms with Crippen molar-refractivity contribution in [1.29, 1.82) is 0 Å². The van der Waals surface area contributed by atoms with E-state index in [0.717, 1.165) is 12.8 Å². The summed E-state index contributed by atoms with van der Waals surface area (Å²) < 4.78 is 15.0. The lowest BCUT2D eigenvalue weighted by molar-refractivity contribution is -0.117. The zero-order chi connectivity index (χ0) is 14.8. The molecule has 1 heterocycles. The van der Waals surface area contributed by atoms with E-state index in [1.54, 1.807) is 18.2 Å². The van der Waals surface area contributed by atoms with Crippen LogP contribution in [0.2, 0.25) is 0 Å². The molecule has 1 aromatic heterocycles. The summed E-state index contributed by atoms with van der Waals surface area (Å²) in [5.41, 5.74) is 0.605. The molecule has 0 saturated heterocycles. The largest absolute Gasteiger partial charge is 0.300 e. The molecule has 8 heteroatoms. The van der Waals surface area contributed by atoms with E-state index < -0.39 is 0 Å². The molecule has 0 spiro atoms. The molecule has 1 aromatic carbocycles. The number of nitrogens with one attached hydrogen (secondary N) is 1. The van der Waals surface area contributed by atoms with Gasteiger partial charge in [0.2, 0.25) is 11.0 Å². The van der Waals surface area contributed by atoms with E-state index in [2.05, 4.69) is 31.4 Å². The molecule has 1 aliphatic rings. The van der Waals surface area contributed by atoms with E-state index in [9.17, 15) is 9.18 Å². The zero-order valence-corrected chi connectivity index (χ0v) is 14.0. The molecule has 1 saturated carbocycles. The second-order valence-electron chi connectivity index (χ2n) is 4.64. The van der Waals surface area contributed by atoms with Crippen molar-refractivity contribution in [2.45, 2.75) is 22.9 Å². The number of hydrogen-bond donors (Lipinski definition) is 1. The number of thioether (sulfide) groups is 1. The minimum absolute atomic E-state index is 0.0146. The van der Waals surface area contributed by atoms with Gasteiger partial charge in [-0.15, -0.1) is 10.2 Å². The first-order valence-electron chi connectivity index (χ1n) is 6.33. The van der Waals surface area contributed by atoms with Crippen LogP contribution in [0.1, 0.15) is 18.4 Å². The molecule has 21 heavy (non-hydrogen) atoms. The van der Waals surface area contributed by atoms with Gasteiger partial charge in [0.1, 0.15) is 5.82 Å². The number of anilines is 1. The van der Waals surface area contributed by atoms with E-state index >= 15 is 0 Å². The molecule has 1 amide bonds. The van der Waals surface area contributed by atoms with Gasteiger partial charge >= 0.3 is 0 Å². The summed E-state index contributed by atoms with van der Waals surface area (Å²) in [5.74, 6) is 0.370. The SMILES string of the molecule is O=C(Nc1nnc(SCc2cccc(Br)c2F)s1)C1CC1. The minimum atomic E-state index is -0.253. The summed E-state index contributed by atoms with van der Waals surface area (Å²) in [7, 11) is 0. The number of aromatic nitrogens is 2. The maximum absolute atomic E-state index is 13.8. The van der Waals surface area contributed by atoms with Crippen molar-refractivity contribution in [3.63, 3.8) is 0 Å². The summed E-state index contributed by atoms with van der Waals surface area (Å²) in [4.78, 5) is 11.6. The highest BCUT2D eigenvalue weighted by molar-refractivity contribution is 9.10. The predicted molar refractivity (Wildman–Crippen MR) is 84.9 cm³/mol. The lowest BCUT2D eigenvalue weighted by atomic mass is 10.2. The highest BCUT2D eigenvalue weighted by Gasteiger charge is 2.30. The van der Waals surface area contributed by atoms with Crippen LogP contribution in [0.25, 0.3) is 0 Å². The van der Waals surface area contributed by atoms with E-state index in [1.165, 1.54) is 23.1 Å². The smallest absolute Gasteiger partial charge is 0.229 e. The Hall–Kier alpha value is -0.990. The van der Waals surface area contributed by atoms with Crippen LogP contribution in [0.4, 0.5) is 9.52 Å². The van der Waals surface area contributed by atoms with Gasteiger partial charge in [-0.3, -0.25) is 4.79 Å². The van der Waals surface area contributed by atoms with E-state index in [0.29, 0.717) is 25.3 Å². The van der Waals surface area contributed by atoms with Crippen LogP contribution in [0.15, 0.2) is 27.0 Å². The van der Waals surface area contributed by atoms with Crippen molar-refractivity contribution in [2.24, 2.45) is 5.92 Å². The van der Waals surface area contributed by atoms with Crippen molar-refractivity contribution < 1.29 is 9.18 Å². The number of benzene rings is 1. The van der Waals surface area contributed by atoms with Crippen molar-refractivity contribution in [1.82, 2.24) is 10.2 Å². The highest BCUT2D eigenvalue weighted by atomic mass is 79.9. The van der Waals surface area contributed by atoms with E-state index in [-0.39, 0.29) is 17.6 Å². The van der Waals surface area contributed by atoms with Gasteiger partial charge in [0, 0.05) is 11.7 Å². The third-order valence-electron chi connectivity index (χ3n) is 2.97. The number of hydrogen-bond acceptors (Lipinski definition) is 5. The number of halogens is 2. The molecular formula is C13H11BrFN3OS2. The normalized spacial score (nSPS) is 14.2. The molecular weight excluding hydrogens is 377 g/mol. The van der Waals surface area contributed by atoms with Crippen molar-refractivity contribution in [3.8, 4) is 0 Å². The van der Waals surface area contributed by atoms with Crippen molar-refractivity contribution in [2.75, 3.05) is 5.32 Å². The van der Waals surface area contributed by atoms with Crippen LogP contribution in [0, 0.1) is 11.7 Å². The van der Waals surface area contributed by atoms with Crippen molar-refractivity contribution in [3.05, 3.63) is 34.1 Å². The van der Waals surface area contributed by atoms with Gasteiger partial charge < -0.3 is 5.32 Å². The molecule has 0 radical (unpaired) electrons. The number of carbonyl (C=O) groups is 1. The second kappa shape index (κ2) is 6.41. The Bertz CT molecular complexity index is 675. The van der Waals surface area contributed by atoms with Gasteiger partial charge in [0.15, 0.2) is 4.34 Å². The van der Waals surface area contributed by atoms with E-state index in [4.69, 9.17) is 0 Å². The van der Waals surface area contributed by atoms with Crippen LogP contribution in [0.5, 0.6) is 0 Å². The Balaban J connectivity index is 1.59. The monoisotopic (exact) mass is 387 g/mol. The van der Waals surface area contributed by atoms with E-state index in [1.807, 2.05) is 0 Å². The molecule has 0 bridgehead atoms. The fraction of sp³-hybridized carbons (Fsp3) is 0.308. The first-order valence-corrected chi connectivity index (χ1v) is 8.93. The molecule has 0 aliphatic heterocycles. The summed E-state index contributed by atoms with van der Waals surface area (Å²) in [6, 6.07) is 5.20. The Kier molecular flexibility index (Phi) is 4.56. The van der Waals surface area contributed by atoms with Gasteiger partial charge in [-0.25, -0.2) is 4.39 Å². The van der Waals surface area contributed by atoms with Crippen LogP contribution < -0.4 is 5.32 Å². The number of nitrogens with zero attached hydrogens (tertiary/aromatic N) is 2. The van der Waals surface area contributed by atoms with Gasteiger partial charge in [-0.05, 0) is 40.4 Å². The summed E-state index contributed by atoms with van der Waals surface area (Å²) >= 11 is 5.88. The second-order valence-corrected chi connectivity index (χ2v) is 7.69. The third kappa shape index (κ3) is 3.81. The minimum Gasteiger partial charge on any atom is -0.300 e. The zero-order valence-electron chi connectivity index (χ0n) is 10.8. The molecule has 2 aromatic rings. The quantitative estimate of drug-likeness (QED) is 0.620. The van der Waals surface area contributed by atoms with Crippen LogP contribution in [-0.4, -0.2) is 16.1 Å². The number of carbonyl (C=O) groups excluding carboxylic acids is 1. The highest BCUT2D eigenvalue weighted by Crippen LogP contribution is 2.33. The maximum atomic E-state index is 13.8. The molecule has 1 N–H and O–H groups in total. The molecule has 1 aliphatic carbocycles. The van der Waals surface area contributed by atoms with Crippen LogP contribution in [-0.2, 0) is 10.5 Å². The van der Waals surface area contributed by atoms with Gasteiger partial charge in [-0.2, -0.15) is 0 Å². The van der Waals surface area contributed by atoms with Crippen LogP contribution in [0.3, 0.4) is 0 Å². The van der Waals surface area contributed by atoms with Gasteiger partial charge in [-0.1, -0.05) is 35.2 Å². The average molecular weight is 388 g/mol. The predicted octanol–water partition coefficient (Wildman–Crippen LogP) is 4.08. The molecule has 4 nitrogen and oxygen atoms in total. The van der Waals surface area contributed by atoms with Gasteiger partial charge in [0.25, 0.3) is 0 Å². The molecule has 3 rings (SSSR count). The van der Waals surface area contributed by atoms with Crippen molar-refractivity contribution >= 4 is 50.1 Å². The summed E-state index contributed by atoms with van der Waals surface area (Å²) in [6.45, 7) is 0. The van der Waals surface area contributed by atoms with Gasteiger partial charge in [0.05, 0.1) is 4.47 Å². The third-order valence-corrected chi connectivity index (χ3v) is 5.60. The lowest BCUT2D eigenvalue weighted by Crippen LogP contribution is -2.12. The standard InChI is InChI=1S/C13H11BrFN3OS2/c14-9-3-1-2-8(10(9)15)6-20-13-18-17-12(21-13)16-11(19)7-4-5-7/h1-3,7H,4-6H2,(H,16,17,19). The maximum Gasteiger partial charge on any atom is 0.229 e. The Morgan fingerprint density at radius 3 is 3.05 bits per heavy atom. The molecule has 0 unspecified atom stereocenters. The first-order chi connectivity index (χ1) is 10.1. The Labute approximate surface area is 137 Å². The Morgan fingerprint density at radius 1 is 1.48 bits per heavy atom. The topological polar surface area (TPSA) is 54.9 Å². The summed E-state index contributed by atoms with van der Waals surface area (Å²) in [5, 5.41) is 11.2. The number of rotatable bonds is 5. The lowest BCUT2D eigenvalue weighted by Gasteiger charge is -2.02.